The SMILES string of the molecule is CCCCCCCC(CCC(CC)N(C(CC)CCC(CCCCCCC)OCC)C(CC)CCC(CCCCCCC)OCC)OCC. The molecule has 0 aromatic carbocycles. The zero-order chi connectivity index (χ0) is 36.4. The summed E-state index contributed by atoms with van der Waals surface area (Å²) in [6.07, 6.45) is 36.1. The van der Waals surface area contributed by atoms with Crippen molar-refractivity contribution in [3.05, 3.63) is 0 Å². The van der Waals surface area contributed by atoms with Gasteiger partial charge in [-0.15, -0.1) is 0 Å². The van der Waals surface area contributed by atoms with E-state index in [0.717, 1.165) is 19.8 Å². The average molecular weight is 696 g/mol. The highest BCUT2D eigenvalue weighted by Crippen LogP contribution is 2.30. The Kier molecular flexibility index (Phi) is 36.1. The summed E-state index contributed by atoms with van der Waals surface area (Å²) < 4.78 is 19.1. The Hall–Kier alpha value is -0.160. The van der Waals surface area contributed by atoms with Gasteiger partial charge in [0.2, 0.25) is 0 Å². The minimum atomic E-state index is 0.410. The van der Waals surface area contributed by atoms with E-state index in [1.54, 1.807) is 0 Å². The summed E-state index contributed by atoms with van der Waals surface area (Å²) in [5, 5.41) is 0. The zero-order valence-electron chi connectivity index (χ0n) is 35.3. The third kappa shape index (κ3) is 25.5. The smallest absolute Gasteiger partial charge is 0.0575 e. The van der Waals surface area contributed by atoms with Gasteiger partial charge in [0.1, 0.15) is 0 Å². The molecule has 0 aliphatic rings. The van der Waals surface area contributed by atoms with Gasteiger partial charge in [0.05, 0.1) is 18.3 Å². The number of unbranched alkanes of at least 4 members (excludes halogenated alkanes) is 12. The van der Waals surface area contributed by atoms with Crippen LogP contribution in [0.25, 0.3) is 0 Å². The van der Waals surface area contributed by atoms with E-state index in [2.05, 4.69) is 67.2 Å². The highest BCUT2D eigenvalue weighted by atomic mass is 16.5. The molecule has 4 heteroatoms. The van der Waals surface area contributed by atoms with E-state index in [9.17, 15) is 0 Å². The minimum absolute atomic E-state index is 0.410. The van der Waals surface area contributed by atoms with E-state index < -0.39 is 0 Å². The van der Waals surface area contributed by atoms with Crippen LogP contribution < -0.4 is 0 Å². The van der Waals surface area contributed by atoms with Crippen LogP contribution in [0.5, 0.6) is 0 Å². The standard InChI is InChI=1S/C45H93NO3/c1-10-19-22-25-28-31-43(47-16-7)37-34-40(13-4)46(41(14-5)35-38-44(48-17-8)32-29-26-23-20-11-2)42(15-6)36-39-45(49-18-9)33-30-27-24-21-12-3/h40-45H,10-39H2,1-9H3. The van der Waals surface area contributed by atoms with Gasteiger partial charge < -0.3 is 14.2 Å². The van der Waals surface area contributed by atoms with Gasteiger partial charge in [-0.25, -0.2) is 0 Å². The Morgan fingerprint density at radius 3 is 0.796 bits per heavy atom. The van der Waals surface area contributed by atoms with Crippen LogP contribution in [0.2, 0.25) is 0 Å². The van der Waals surface area contributed by atoms with Crippen molar-refractivity contribution < 1.29 is 14.2 Å². The highest BCUT2D eigenvalue weighted by Gasteiger charge is 2.31. The van der Waals surface area contributed by atoms with Crippen LogP contribution in [0, 0.1) is 0 Å². The van der Waals surface area contributed by atoms with Crippen molar-refractivity contribution in [3.63, 3.8) is 0 Å². The zero-order valence-corrected chi connectivity index (χ0v) is 35.3. The third-order valence-corrected chi connectivity index (χ3v) is 11.2. The maximum absolute atomic E-state index is 6.38. The molecule has 49 heavy (non-hydrogen) atoms. The first-order chi connectivity index (χ1) is 24.0. The largest absolute Gasteiger partial charge is 0.379 e. The molecular weight excluding hydrogens is 602 g/mol. The van der Waals surface area contributed by atoms with Crippen LogP contribution in [-0.4, -0.2) is 61.2 Å². The Morgan fingerprint density at radius 1 is 0.306 bits per heavy atom. The first-order valence-corrected chi connectivity index (χ1v) is 22.6. The molecule has 0 spiro atoms. The second kappa shape index (κ2) is 36.2. The normalized spacial score (nSPS) is 15.8. The molecule has 0 rings (SSSR count). The maximum Gasteiger partial charge on any atom is 0.0575 e. The Balaban J connectivity index is 5.88. The van der Waals surface area contributed by atoms with E-state index in [0.29, 0.717) is 36.4 Å². The van der Waals surface area contributed by atoms with Crippen molar-refractivity contribution in [2.24, 2.45) is 0 Å². The lowest BCUT2D eigenvalue weighted by Gasteiger charge is -2.44. The van der Waals surface area contributed by atoms with Gasteiger partial charge in [0, 0.05) is 37.9 Å². The Morgan fingerprint density at radius 2 is 0.571 bits per heavy atom. The summed E-state index contributed by atoms with van der Waals surface area (Å²) in [5.74, 6) is 0. The van der Waals surface area contributed by atoms with E-state index in [1.807, 2.05) is 0 Å². The summed E-state index contributed by atoms with van der Waals surface area (Å²) in [6.45, 7) is 23.4. The summed E-state index contributed by atoms with van der Waals surface area (Å²) in [7, 11) is 0. The van der Waals surface area contributed by atoms with Crippen LogP contribution in [-0.2, 0) is 14.2 Å². The van der Waals surface area contributed by atoms with Gasteiger partial charge in [-0.3, -0.25) is 4.90 Å². The molecule has 0 aliphatic heterocycles. The topological polar surface area (TPSA) is 30.9 Å². The van der Waals surface area contributed by atoms with Crippen molar-refractivity contribution in [2.45, 2.75) is 272 Å². The van der Waals surface area contributed by atoms with Crippen LogP contribution in [0.1, 0.15) is 236 Å². The number of nitrogens with zero attached hydrogens (tertiary/aromatic N) is 1. The fourth-order valence-corrected chi connectivity index (χ4v) is 8.29. The summed E-state index contributed by atoms with van der Waals surface area (Å²) in [4.78, 5) is 3.05. The number of rotatable bonds is 39. The predicted molar refractivity (Wildman–Crippen MR) is 218 cm³/mol. The lowest BCUT2D eigenvalue weighted by molar-refractivity contribution is 0.00115. The molecular formula is C45H93NO3. The van der Waals surface area contributed by atoms with E-state index in [1.165, 1.54) is 173 Å². The van der Waals surface area contributed by atoms with Crippen LogP contribution in [0.3, 0.4) is 0 Å². The quantitative estimate of drug-likeness (QED) is 0.0599. The van der Waals surface area contributed by atoms with E-state index in [4.69, 9.17) is 14.2 Å². The van der Waals surface area contributed by atoms with Crippen LogP contribution >= 0.6 is 0 Å². The molecule has 6 unspecified atom stereocenters. The van der Waals surface area contributed by atoms with Crippen molar-refractivity contribution in [2.75, 3.05) is 19.8 Å². The average Bonchev–Trinajstić information content (AvgIpc) is 3.11. The van der Waals surface area contributed by atoms with E-state index >= 15 is 0 Å². The molecule has 0 aromatic heterocycles. The molecule has 0 aromatic rings. The molecule has 0 amide bonds. The fourth-order valence-electron chi connectivity index (χ4n) is 8.29. The number of hydrogen-bond donors (Lipinski definition) is 0. The van der Waals surface area contributed by atoms with Gasteiger partial charge in [0.15, 0.2) is 0 Å². The van der Waals surface area contributed by atoms with Gasteiger partial charge in [0.25, 0.3) is 0 Å². The molecule has 296 valence electrons. The van der Waals surface area contributed by atoms with Crippen molar-refractivity contribution in [1.29, 1.82) is 0 Å². The summed E-state index contributed by atoms with van der Waals surface area (Å²) in [5.41, 5.74) is 0. The number of hydrogen-bond acceptors (Lipinski definition) is 4. The van der Waals surface area contributed by atoms with Gasteiger partial charge in [-0.2, -0.15) is 0 Å². The van der Waals surface area contributed by atoms with Gasteiger partial charge in [-0.05, 0) is 97.8 Å². The van der Waals surface area contributed by atoms with Crippen LogP contribution in [0.15, 0.2) is 0 Å². The lowest BCUT2D eigenvalue weighted by atomic mass is 9.91. The first kappa shape index (κ1) is 48.8. The van der Waals surface area contributed by atoms with Crippen molar-refractivity contribution in [3.8, 4) is 0 Å². The summed E-state index contributed by atoms with van der Waals surface area (Å²) in [6, 6.07) is 1.83. The second-order valence-corrected chi connectivity index (χ2v) is 15.2. The van der Waals surface area contributed by atoms with Crippen LogP contribution in [0.4, 0.5) is 0 Å². The first-order valence-electron chi connectivity index (χ1n) is 22.6. The van der Waals surface area contributed by atoms with Crippen molar-refractivity contribution >= 4 is 0 Å². The van der Waals surface area contributed by atoms with Gasteiger partial charge >= 0.3 is 0 Å². The molecule has 0 aliphatic carbocycles. The molecule has 6 atom stereocenters. The molecule has 0 saturated carbocycles. The predicted octanol–water partition coefficient (Wildman–Crippen LogP) is 14.3. The van der Waals surface area contributed by atoms with E-state index in [-0.39, 0.29) is 0 Å². The number of ether oxygens (including phenoxy) is 3. The fraction of sp³-hybridized carbons (Fsp3) is 1.00. The summed E-state index contributed by atoms with van der Waals surface area (Å²) >= 11 is 0. The third-order valence-electron chi connectivity index (χ3n) is 11.2. The molecule has 0 heterocycles. The molecule has 0 radical (unpaired) electrons. The second-order valence-electron chi connectivity index (χ2n) is 15.2. The molecule has 0 saturated heterocycles. The molecule has 0 N–H and O–H groups in total. The van der Waals surface area contributed by atoms with Gasteiger partial charge in [-0.1, -0.05) is 138 Å². The maximum atomic E-state index is 6.38. The molecule has 0 fully saturated rings. The Labute approximate surface area is 310 Å². The lowest BCUT2D eigenvalue weighted by Crippen LogP contribution is -2.50. The van der Waals surface area contributed by atoms with Crippen molar-refractivity contribution in [1.82, 2.24) is 4.90 Å². The molecule has 4 nitrogen and oxygen atoms in total. The monoisotopic (exact) mass is 696 g/mol. The molecule has 0 bridgehead atoms. The highest BCUT2D eigenvalue weighted by molar-refractivity contribution is 4.86. The minimum Gasteiger partial charge on any atom is -0.379 e. The Bertz CT molecular complexity index is 559.